The topological polar surface area (TPSA) is 93.5 Å². The summed E-state index contributed by atoms with van der Waals surface area (Å²) in [5.74, 6) is -0.518. The van der Waals surface area contributed by atoms with Gasteiger partial charge in [-0.05, 0) is 12.1 Å². The molecule has 0 aliphatic carbocycles. The van der Waals surface area contributed by atoms with Crippen LogP contribution in [-0.2, 0) is 6.42 Å². The van der Waals surface area contributed by atoms with E-state index in [1.807, 2.05) is 40.4 Å². The summed E-state index contributed by atoms with van der Waals surface area (Å²) in [7, 11) is 0. The Morgan fingerprint density at radius 3 is 3.05 bits per heavy atom. The standard InChI is InChI=1S/C14H12N6O/c1-8-11-6-12-13(14(15)21)16-7-19(12)9-4-2-3-5-10(9)20(11)18-17-8/h2-5,7H,6H2,1H3,(H2,15,21)/p+1. The van der Waals surface area contributed by atoms with Gasteiger partial charge in [0, 0.05) is 12.0 Å². The van der Waals surface area contributed by atoms with Crippen molar-refractivity contribution in [3.05, 3.63) is 53.4 Å². The van der Waals surface area contributed by atoms with Crippen molar-refractivity contribution in [3.63, 3.8) is 0 Å². The first kappa shape index (κ1) is 11.8. The first-order valence-electron chi connectivity index (χ1n) is 6.58. The number of carbonyl (C=O) groups excluding carboxylic acids is 1. The number of fused-ring (bicyclic) bond motifs is 5. The van der Waals surface area contributed by atoms with Gasteiger partial charge in [0.05, 0.1) is 17.8 Å². The third kappa shape index (κ3) is 1.54. The number of nitrogens with zero attached hydrogens (tertiary/aromatic N) is 4. The average molecular weight is 281 g/mol. The van der Waals surface area contributed by atoms with Gasteiger partial charge in [-0.3, -0.25) is 9.36 Å². The molecule has 3 aromatic rings. The van der Waals surface area contributed by atoms with E-state index < -0.39 is 5.91 Å². The highest BCUT2D eigenvalue weighted by Crippen LogP contribution is 2.25. The zero-order chi connectivity index (χ0) is 14.6. The van der Waals surface area contributed by atoms with E-state index in [4.69, 9.17) is 5.73 Å². The quantitative estimate of drug-likeness (QED) is 0.487. The summed E-state index contributed by atoms with van der Waals surface area (Å²) in [6, 6.07) is 7.88. The molecule has 104 valence electrons. The fourth-order valence-corrected chi connectivity index (χ4v) is 2.79. The van der Waals surface area contributed by atoms with E-state index in [0.717, 1.165) is 28.5 Å². The normalized spacial score (nSPS) is 12.2. The zero-order valence-electron chi connectivity index (χ0n) is 11.4. The lowest BCUT2D eigenvalue weighted by Gasteiger charge is -2.06. The minimum Gasteiger partial charge on any atom is -0.364 e. The number of imidazole rings is 1. The molecule has 0 saturated heterocycles. The Morgan fingerprint density at radius 2 is 2.24 bits per heavy atom. The van der Waals surface area contributed by atoms with Crippen molar-refractivity contribution in [3.8, 4) is 11.4 Å². The molecule has 3 N–H and O–H groups in total. The second-order valence-electron chi connectivity index (χ2n) is 5.02. The van der Waals surface area contributed by atoms with Crippen LogP contribution in [-0.4, -0.2) is 25.8 Å². The van der Waals surface area contributed by atoms with Crippen LogP contribution in [0.2, 0.25) is 0 Å². The molecule has 7 nitrogen and oxygen atoms in total. The van der Waals surface area contributed by atoms with Gasteiger partial charge in [0.2, 0.25) is 5.69 Å². The molecule has 4 rings (SSSR count). The van der Waals surface area contributed by atoms with E-state index >= 15 is 0 Å². The van der Waals surface area contributed by atoms with Crippen molar-refractivity contribution in [2.45, 2.75) is 13.3 Å². The van der Waals surface area contributed by atoms with E-state index in [0.29, 0.717) is 12.1 Å². The average Bonchev–Trinajstić information content (AvgIpc) is 3.01. The van der Waals surface area contributed by atoms with Gasteiger partial charge in [-0.2, -0.15) is 0 Å². The maximum atomic E-state index is 11.6. The summed E-state index contributed by atoms with van der Waals surface area (Å²) in [5.41, 5.74) is 10.3. The highest BCUT2D eigenvalue weighted by molar-refractivity contribution is 5.92. The molecule has 0 saturated carbocycles. The number of nitrogens with two attached hydrogens (primary N) is 1. The van der Waals surface area contributed by atoms with E-state index in [1.165, 1.54) is 0 Å². The summed E-state index contributed by atoms with van der Waals surface area (Å²) in [6.45, 7) is 1.93. The second kappa shape index (κ2) is 4.02. The molecule has 7 heteroatoms. The minimum atomic E-state index is -0.518. The van der Waals surface area contributed by atoms with Gasteiger partial charge in [-0.15, -0.1) is 4.68 Å². The number of hydrogen-bond acceptors (Lipinski definition) is 3. The predicted octanol–water partition coefficient (Wildman–Crippen LogP) is 0.184. The molecular formula is C14H13N6O+. The third-order valence-electron chi connectivity index (χ3n) is 3.82. The predicted molar refractivity (Wildman–Crippen MR) is 73.3 cm³/mol. The van der Waals surface area contributed by atoms with Crippen molar-refractivity contribution in [1.29, 1.82) is 0 Å². The highest BCUT2D eigenvalue weighted by atomic mass is 16.1. The molecule has 21 heavy (non-hydrogen) atoms. The van der Waals surface area contributed by atoms with Crippen molar-refractivity contribution in [2.75, 3.05) is 0 Å². The SMILES string of the molecule is Cc1n[nH][n+]2c1Cc1c(C(N)=O)ncn1-c1ccccc1-2. The van der Waals surface area contributed by atoms with Crippen molar-refractivity contribution in [2.24, 2.45) is 5.73 Å². The highest BCUT2D eigenvalue weighted by Gasteiger charge is 2.30. The molecule has 1 aliphatic rings. The minimum absolute atomic E-state index is 0.304. The van der Waals surface area contributed by atoms with E-state index in [2.05, 4.69) is 15.3 Å². The third-order valence-corrected chi connectivity index (χ3v) is 3.82. The number of primary amides is 1. The molecule has 0 bridgehead atoms. The fraction of sp³-hybridized carbons (Fsp3) is 0.143. The van der Waals surface area contributed by atoms with Gasteiger partial charge in [-0.25, -0.2) is 4.98 Å². The van der Waals surface area contributed by atoms with Crippen molar-refractivity contribution < 1.29 is 9.48 Å². The number of H-pyrrole nitrogens is 1. The molecule has 0 radical (unpaired) electrons. The Morgan fingerprint density at radius 1 is 1.43 bits per heavy atom. The monoisotopic (exact) mass is 281 g/mol. The number of aromatic nitrogens is 5. The second-order valence-corrected chi connectivity index (χ2v) is 5.02. The lowest BCUT2D eigenvalue weighted by Crippen LogP contribution is -2.37. The number of aromatic amines is 1. The van der Waals surface area contributed by atoms with Crippen molar-refractivity contribution >= 4 is 5.91 Å². The lowest BCUT2D eigenvalue weighted by atomic mass is 10.1. The number of amides is 1. The van der Waals surface area contributed by atoms with Gasteiger partial charge >= 0.3 is 0 Å². The van der Waals surface area contributed by atoms with Crippen LogP contribution in [0.15, 0.2) is 30.6 Å². The van der Waals surface area contributed by atoms with E-state index in [-0.39, 0.29) is 0 Å². The number of nitrogens with one attached hydrogen (secondary N) is 1. The van der Waals surface area contributed by atoms with Gasteiger partial charge in [-0.1, -0.05) is 17.3 Å². The molecule has 0 fully saturated rings. The molecule has 0 atom stereocenters. The van der Waals surface area contributed by atoms with Crippen LogP contribution in [0.5, 0.6) is 0 Å². The Labute approximate surface area is 120 Å². The van der Waals surface area contributed by atoms with E-state index in [9.17, 15) is 4.79 Å². The summed E-state index contributed by atoms with van der Waals surface area (Å²) >= 11 is 0. The molecular weight excluding hydrogens is 268 g/mol. The maximum absolute atomic E-state index is 11.6. The molecule has 0 spiro atoms. The molecule has 1 aromatic carbocycles. The Balaban J connectivity index is 2.10. The van der Waals surface area contributed by atoms with Crippen LogP contribution in [0.1, 0.15) is 27.6 Å². The number of para-hydroxylation sites is 2. The van der Waals surface area contributed by atoms with E-state index in [1.54, 1.807) is 6.33 Å². The number of rotatable bonds is 1. The zero-order valence-corrected chi connectivity index (χ0v) is 11.4. The van der Waals surface area contributed by atoms with Crippen LogP contribution in [0.25, 0.3) is 11.4 Å². The maximum Gasteiger partial charge on any atom is 0.269 e. The molecule has 0 unspecified atom stereocenters. The fourth-order valence-electron chi connectivity index (χ4n) is 2.79. The number of benzene rings is 1. The van der Waals surface area contributed by atoms with Crippen LogP contribution in [0.4, 0.5) is 0 Å². The Hall–Kier alpha value is -2.96. The van der Waals surface area contributed by atoms with Crippen LogP contribution in [0.3, 0.4) is 0 Å². The first-order chi connectivity index (χ1) is 10.2. The summed E-state index contributed by atoms with van der Waals surface area (Å²) < 4.78 is 3.85. The first-order valence-corrected chi connectivity index (χ1v) is 6.58. The Kier molecular flexibility index (Phi) is 2.26. The van der Waals surface area contributed by atoms with Crippen LogP contribution in [0, 0.1) is 6.92 Å². The molecule has 1 aliphatic heterocycles. The molecule has 2 aromatic heterocycles. The van der Waals surface area contributed by atoms with Gasteiger partial charge < -0.3 is 5.73 Å². The van der Waals surface area contributed by atoms with Gasteiger partial charge in [0.1, 0.15) is 12.0 Å². The smallest absolute Gasteiger partial charge is 0.269 e. The van der Waals surface area contributed by atoms with Crippen LogP contribution >= 0.6 is 0 Å². The van der Waals surface area contributed by atoms with Gasteiger partial charge in [0.25, 0.3) is 5.91 Å². The summed E-state index contributed by atoms with van der Waals surface area (Å²) in [4.78, 5) is 15.8. The number of aryl methyl sites for hydroxylation is 1. The summed E-state index contributed by atoms with van der Waals surface area (Å²) in [6.07, 6.45) is 2.18. The van der Waals surface area contributed by atoms with Gasteiger partial charge in [0.15, 0.2) is 11.4 Å². The largest absolute Gasteiger partial charge is 0.364 e. The molecule has 3 heterocycles. The Bertz CT molecular complexity index is 875. The number of carbonyl (C=O) groups is 1. The molecule has 1 amide bonds. The lowest BCUT2D eigenvalue weighted by molar-refractivity contribution is -0.665. The summed E-state index contributed by atoms with van der Waals surface area (Å²) in [5, 5.41) is 7.27. The van der Waals surface area contributed by atoms with Crippen molar-refractivity contribution in [1.82, 2.24) is 19.9 Å². The number of hydrogen-bond donors (Lipinski definition) is 2. The van der Waals surface area contributed by atoms with Crippen LogP contribution < -0.4 is 10.4 Å².